The summed E-state index contributed by atoms with van der Waals surface area (Å²) >= 11 is 0. The third kappa shape index (κ3) is 2.21. The van der Waals surface area contributed by atoms with Crippen LogP contribution in [0.3, 0.4) is 0 Å². The van der Waals surface area contributed by atoms with Gasteiger partial charge in [-0.25, -0.2) is 0 Å². The van der Waals surface area contributed by atoms with Crippen LogP contribution in [-0.4, -0.2) is 17.4 Å². The number of hydrogen-bond acceptors (Lipinski definition) is 3. The summed E-state index contributed by atoms with van der Waals surface area (Å²) in [6, 6.07) is 0. The topological polar surface area (TPSA) is 43.4 Å². The van der Waals surface area contributed by atoms with Crippen molar-refractivity contribution in [2.24, 2.45) is 35.0 Å². The molecule has 0 aromatic carbocycles. The van der Waals surface area contributed by atoms with Gasteiger partial charge >= 0.3 is 5.97 Å². The molecule has 3 heteroatoms. The van der Waals surface area contributed by atoms with Gasteiger partial charge in [-0.3, -0.25) is 9.59 Å². The number of Topliss-reactive ketones (excluding diaryl/α,β-unsaturated/α-hetero) is 1. The fourth-order valence-electron chi connectivity index (χ4n) is 6.69. The molecular formula is C20H30O3. The third-order valence-corrected chi connectivity index (χ3v) is 8.16. The molecule has 128 valence electrons. The Morgan fingerprint density at radius 1 is 1.04 bits per heavy atom. The van der Waals surface area contributed by atoms with E-state index in [1.807, 2.05) is 6.92 Å². The van der Waals surface area contributed by atoms with E-state index in [-0.39, 0.29) is 17.5 Å². The summed E-state index contributed by atoms with van der Waals surface area (Å²) in [5.74, 6) is 3.04. The number of hydrogen-bond donors (Lipinski definition) is 0. The van der Waals surface area contributed by atoms with Gasteiger partial charge in [0.2, 0.25) is 0 Å². The smallest absolute Gasteiger partial charge is 0.309 e. The van der Waals surface area contributed by atoms with Crippen LogP contribution in [0.25, 0.3) is 0 Å². The molecule has 0 aromatic rings. The molecule has 3 saturated carbocycles. The van der Waals surface area contributed by atoms with Gasteiger partial charge in [-0.05, 0) is 68.6 Å². The van der Waals surface area contributed by atoms with Crippen molar-refractivity contribution in [2.75, 3.05) is 0 Å². The zero-order valence-electron chi connectivity index (χ0n) is 14.8. The van der Waals surface area contributed by atoms with Gasteiger partial charge in [0.05, 0.1) is 5.92 Å². The molecule has 1 saturated heterocycles. The highest BCUT2D eigenvalue weighted by Crippen LogP contribution is 2.63. The predicted octanol–water partition coefficient (Wildman–Crippen LogP) is 4.14. The number of carbonyl (C=O) groups excluding carboxylic acids is 2. The van der Waals surface area contributed by atoms with E-state index in [0.717, 1.165) is 38.0 Å². The van der Waals surface area contributed by atoms with Crippen molar-refractivity contribution in [3.63, 3.8) is 0 Å². The van der Waals surface area contributed by atoms with E-state index in [0.29, 0.717) is 29.0 Å². The Kier molecular flexibility index (Phi) is 3.45. The van der Waals surface area contributed by atoms with Gasteiger partial charge in [-0.15, -0.1) is 0 Å². The van der Waals surface area contributed by atoms with Gasteiger partial charge in [0.25, 0.3) is 0 Å². The van der Waals surface area contributed by atoms with Gasteiger partial charge in [0, 0.05) is 18.8 Å². The summed E-state index contributed by atoms with van der Waals surface area (Å²) in [6.45, 7) is 6.66. The molecule has 0 spiro atoms. The van der Waals surface area contributed by atoms with Gasteiger partial charge in [0.15, 0.2) is 0 Å². The molecule has 0 N–H and O–H groups in total. The minimum Gasteiger partial charge on any atom is -0.459 e. The summed E-state index contributed by atoms with van der Waals surface area (Å²) < 4.78 is 5.93. The highest BCUT2D eigenvalue weighted by molar-refractivity contribution is 5.79. The Hall–Kier alpha value is -0.860. The maximum absolute atomic E-state index is 12.1. The fraction of sp³-hybridized carbons (Fsp3) is 0.900. The van der Waals surface area contributed by atoms with Crippen LogP contribution >= 0.6 is 0 Å². The first-order valence-electron chi connectivity index (χ1n) is 9.58. The summed E-state index contributed by atoms with van der Waals surface area (Å²) in [5, 5.41) is 0. The molecular weight excluding hydrogens is 288 g/mol. The lowest BCUT2D eigenvalue weighted by Gasteiger charge is -2.61. The van der Waals surface area contributed by atoms with Crippen molar-refractivity contribution in [2.45, 2.75) is 77.7 Å². The van der Waals surface area contributed by atoms with E-state index in [9.17, 15) is 9.59 Å². The van der Waals surface area contributed by atoms with Gasteiger partial charge < -0.3 is 4.74 Å². The molecule has 4 fully saturated rings. The lowest BCUT2D eigenvalue weighted by atomic mass is 9.45. The second-order valence-corrected chi connectivity index (χ2v) is 9.31. The summed E-state index contributed by atoms with van der Waals surface area (Å²) in [5.41, 5.74) is 0.0985. The molecule has 7 atom stereocenters. The van der Waals surface area contributed by atoms with Gasteiger partial charge in [-0.1, -0.05) is 13.8 Å². The molecule has 3 aliphatic carbocycles. The first-order valence-corrected chi connectivity index (χ1v) is 9.58. The molecule has 0 amide bonds. The van der Waals surface area contributed by atoms with Crippen molar-refractivity contribution in [1.82, 2.24) is 0 Å². The number of ether oxygens (including phenoxy) is 1. The summed E-state index contributed by atoms with van der Waals surface area (Å²) in [4.78, 5) is 24.0. The van der Waals surface area contributed by atoms with Gasteiger partial charge in [0.1, 0.15) is 11.4 Å². The lowest BCUT2D eigenvalue weighted by molar-refractivity contribution is -0.209. The van der Waals surface area contributed by atoms with Crippen LogP contribution < -0.4 is 0 Å². The Balaban J connectivity index is 1.63. The van der Waals surface area contributed by atoms with Crippen molar-refractivity contribution < 1.29 is 14.3 Å². The monoisotopic (exact) mass is 318 g/mol. The Morgan fingerprint density at radius 3 is 2.61 bits per heavy atom. The molecule has 0 aromatic heterocycles. The second-order valence-electron chi connectivity index (χ2n) is 9.31. The summed E-state index contributed by atoms with van der Waals surface area (Å²) in [6.07, 6.45) is 8.26. The highest BCUT2D eigenvalue weighted by Gasteiger charge is 2.59. The van der Waals surface area contributed by atoms with Crippen molar-refractivity contribution >= 4 is 11.8 Å². The van der Waals surface area contributed by atoms with Crippen LogP contribution in [0.4, 0.5) is 0 Å². The molecule has 0 unspecified atom stereocenters. The number of ketones is 1. The zero-order chi connectivity index (χ0) is 16.4. The Labute approximate surface area is 139 Å². The minimum atomic E-state index is -0.238. The SMILES string of the molecule is C[C@H]1C[C@H]2[C@@H]3CC[C@@H]4CC(=O)CC[C@]4(C)[C@@H]3CC[C@]2(C)OC1=O. The van der Waals surface area contributed by atoms with Crippen molar-refractivity contribution in [3.05, 3.63) is 0 Å². The molecule has 0 radical (unpaired) electrons. The van der Waals surface area contributed by atoms with Crippen LogP contribution in [0.5, 0.6) is 0 Å². The van der Waals surface area contributed by atoms with Crippen LogP contribution in [0.1, 0.15) is 72.1 Å². The highest BCUT2D eigenvalue weighted by atomic mass is 16.6. The number of rotatable bonds is 0. The van der Waals surface area contributed by atoms with Crippen molar-refractivity contribution in [3.8, 4) is 0 Å². The fourth-order valence-corrected chi connectivity index (χ4v) is 6.69. The van der Waals surface area contributed by atoms with Crippen LogP contribution in [0, 0.1) is 35.0 Å². The molecule has 4 aliphatic rings. The third-order valence-electron chi connectivity index (χ3n) is 8.16. The van der Waals surface area contributed by atoms with Crippen LogP contribution in [-0.2, 0) is 14.3 Å². The standard InChI is InChI=1S/C20H30O3/c1-12-10-17-15-5-4-13-11-14(21)6-8-19(13,2)16(15)7-9-20(17,3)23-18(12)22/h12-13,15-17H,4-11H2,1-3H3/t12-,13+,15+,16+,17-,19-,20-/m0/s1. The molecule has 1 heterocycles. The molecule has 23 heavy (non-hydrogen) atoms. The van der Waals surface area contributed by atoms with Crippen LogP contribution in [0.15, 0.2) is 0 Å². The average Bonchev–Trinajstić information content (AvgIpc) is 2.49. The maximum atomic E-state index is 12.1. The molecule has 1 aliphatic heterocycles. The zero-order valence-corrected chi connectivity index (χ0v) is 14.8. The Morgan fingerprint density at radius 2 is 1.83 bits per heavy atom. The van der Waals surface area contributed by atoms with E-state index >= 15 is 0 Å². The number of carbonyl (C=O) groups is 2. The normalized spacial score (nSPS) is 52.9. The minimum absolute atomic E-state index is 0.00496. The molecule has 4 rings (SSSR count). The lowest BCUT2D eigenvalue weighted by Crippen LogP contribution is -2.59. The largest absolute Gasteiger partial charge is 0.459 e. The first-order chi connectivity index (χ1) is 10.8. The number of fused-ring (bicyclic) bond motifs is 5. The van der Waals surface area contributed by atoms with E-state index in [4.69, 9.17) is 4.74 Å². The van der Waals surface area contributed by atoms with Crippen molar-refractivity contribution in [1.29, 1.82) is 0 Å². The maximum Gasteiger partial charge on any atom is 0.309 e. The van der Waals surface area contributed by atoms with Crippen LogP contribution in [0.2, 0.25) is 0 Å². The second kappa shape index (κ2) is 5.07. The quantitative estimate of drug-likeness (QED) is 0.630. The van der Waals surface area contributed by atoms with E-state index in [2.05, 4.69) is 13.8 Å². The number of esters is 1. The summed E-state index contributed by atoms with van der Waals surface area (Å²) in [7, 11) is 0. The molecule has 0 bridgehead atoms. The Bertz CT molecular complexity index is 541. The first kappa shape index (κ1) is 15.7. The van der Waals surface area contributed by atoms with E-state index < -0.39 is 0 Å². The van der Waals surface area contributed by atoms with E-state index in [1.54, 1.807) is 0 Å². The predicted molar refractivity (Wildman–Crippen MR) is 87.7 cm³/mol. The van der Waals surface area contributed by atoms with E-state index in [1.165, 1.54) is 19.3 Å². The van der Waals surface area contributed by atoms with Gasteiger partial charge in [-0.2, -0.15) is 0 Å². The average molecular weight is 318 g/mol. The molecule has 3 nitrogen and oxygen atoms in total.